The average molecular weight is 347 g/mol. The van der Waals surface area contributed by atoms with Gasteiger partial charge in [-0.1, -0.05) is 30.3 Å². The predicted octanol–water partition coefficient (Wildman–Crippen LogP) is 3.99. The van der Waals surface area contributed by atoms with Gasteiger partial charge in [0.2, 0.25) is 0 Å². The molecule has 0 aliphatic heterocycles. The summed E-state index contributed by atoms with van der Waals surface area (Å²) in [6.45, 7) is -0.170. The lowest BCUT2D eigenvalue weighted by Crippen LogP contribution is -2.08. The van der Waals surface area contributed by atoms with E-state index in [1.165, 1.54) is 16.8 Å². The van der Waals surface area contributed by atoms with Crippen LogP contribution in [0.2, 0.25) is 0 Å². The number of carboxylic acids is 1. The largest absolute Gasteiger partial charge is 0.480 e. The standard InChI is InChI=1S/C20H14FN3O2/c21-17-5-6-18-15(7-17)8-22-10-19(18)14-3-1-13(2-4-14)16-9-23-24(11-16)12-20(25)26/h1-11H,12H2,(H,25,26). The fourth-order valence-electron chi connectivity index (χ4n) is 2.96. The Kier molecular flexibility index (Phi) is 3.93. The number of fused-ring (bicyclic) bond motifs is 1. The Morgan fingerprint density at radius 1 is 1.00 bits per heavy atom. The summed E-state index contributed by atoms with van der Waals surface area (Å²) in [7, 11) is 0. The van der Waals surface area contributed by atoms with Gasteiger partial charge in [-0.05, 0) is 28.6 Å². The summed E-state index contributed by atoms with van der Waals surface area (Å²) in [5.41, 5.74) is 3.67. The van der Waals surface area contributed by atoms with Crippen molar-refractivity contribution in [3.05, 3.63) is 73.1 Å². The van der Waals surface area contributed by atoms with Crippen molar-refractivity contribution in [2.24, 2.45) is 0 Å². The molecular formula is C20H14FN3O2. The Morgan fingerprint density at radius 3 is 2.54 bits per heavy atom. The number of aliphatic carboxylic acids is 1. The number of hydrogen-bond donors (Lipinski definition) is 1. The molecule has 0 saturated carbocycles. The molecular weight excluding hydrogens is 333 g/mol. The number of hydrogen-bond acceptors (Lipinski definition) is 3. The van der Waals surface area contributed by atoms with Crippen molar-refractivity contribution in [3.63, 3.8) is 0 Å². The molecule has 1 N–H and O–H groups in total. The van der Waals surface area contributed by atoms with Gasteiger partial charge in [-0.25, -0.2) is 4.39 Å². The average Bonchev–Trinajstić information content (AvgIpc) is 3.09. The monoisotopic (exact) mass is 347 g/mol. The van der Waals surface area contributed by atoms with E-state index >= 15 is 0 Å². The summed E-state index contributed by atoms with van der Waals surface area (Å²) >= 11 is 0. The molecule has 4 aromatic rings. The number of pyridine rings is 1. The minimum Gasteiger partial charge on any atom is -0.480 e. The molecule has 0 aliphatic rings. The molecule has 0 amide bonds. The molecule has 0 saturated heterocycles. The maximum Gasteiger partial charge on any atom is 0.325 e. The highest BCUT2D eigenvalue weighted by molar-refractivity contribution is 5.96. The third kappa shape index (κ3) is 3.04. The van der Waals surface area contributed by atoms with E-state index in [1.807, 2.05) is 24.3 Å². The maximum atomic E-state index is 13.4. The first-order valence-corrected chi connectivity index (χ1v) is 7.98. The summed E-state index contributed by atoms with van der Waals surface area (Å²) in [6.07, 6.45) is 6.75. The van der Waals surface area contributed by atoms with Crippen LogP contribution < -0.4 is 0 Å². The van der Waals surface area contributed by atoms with E-state index in [0.29, 0.717) is 0 Å². The van der Waals surface area contributed by atoms with Gasteiger partial charge in [-0.3, -0.25) is 14.5 Å². The first-order chi connectivity index (χ1) is 12.6. The SMILES string of the molecule is O=C(O)Cn1cc(-c2ccc(-c3cncc4cc(F)ccc34)cc2)cn1. The number of rotatable bonds is 4. The van der Waals surface area contributed by atoms with Crippen molar-refractivity contribution >= 4 is 16.7 Å². The van der Waals surface area contributed by atoms with Gasteiger partial charge in [0.1, 0.15) is 12.4 Å². The number of carboxylic acid groups (broad SMARTS) is 1. The van der Waals surface area contributed by atoms with E-state index in [-0.39, 0.29) is 12.4 Å². The van der Waals surface area contributed by atoms with E-state index in [1.54, 1.807) is 30.9 Å². The zero-order chi connectivity index (χ0) is 18.1. The van der Waals surface area contributed by atoms with Gasteiger partial charge in [0.05, 0.1) is 6.20 Å². The molecule has 2 aromatic carbocycles. The maximum absolute atomic E-state index is 13.4. The van der Waals surface area contributed by atoms with Crippen LogP contribution in [0.1, 0.15) is 0 Å². The van der Waals surface area contributed by atoms with Crippen LogP contribution in [0.5, 0.6) is 0 Å². The Balaban J connectivity index is 1.68. The van der Waals surface area contributed by atoms with E-state index in [2.05, 4.69) is 10.1 Å². The number of carbonyl (C=O) groups is 1. The third-order valence-corrected chi connectivity index (χ3v) is 4.18. The van der Waals surface area contributed by atoms with Crippen LogP contribution in [-0.2, 0) is 11.3 Å². The highest BCUT2D eigenvalue weighted by Crippen LogP contribution is 2.30. The van der Waals surface area contributed by atoms with Crippen molar-refractivity contribution in [1.29, 1.82) is 0 Å². The van der Waals surface area contributed by atoms with E-state index in [0.717, 1.165) is 33.0 Å². The minimum absolute atomic E-state index is 0.170. The molecule has 0 spiro atoms. The first kappa shape index (κ1) is 16.0. The summed E-state index contributed by atoms with van der Waals surface area (Å²) in [4.78, 5) is 15.0. The van der Waals surface area contributed by atoms with E-state index in [9.17, 15) is 9.18 Å². The quantitative estimate of drug-likeness (QED) is 0.606. The lowest BCUT2D eigenvalue weighted by molar-refractivity contribution is -0.137. The fourth-order valence-corrected chi connectivity index (χ4v) is 2.96. The normalized spacial score (nSPS) is 11.0. The van der Waals surface area contributed by atoms with Crippen molar-refractivity contribution in [1.82, 2.24) is 14.8 Å². The van der Waals surface area contributed by atoms with Gasteiger partial charge in [0, 0.05) is 35.1 Å². The molecule has 6 heteroatoms. The second-order valence-electron chi connectivity index (χ2n) is 5.95. The zero-order valence-electron chi connectivity index (χ0n) is 13.6. The molecule has 0 aliphatic carbocycles. The fraction of sp³-hybridized carbons (Fsp3) is 0.0500. The molecule has 0 radical (unpaired) electrons. The van der Waals surface area contributed by atoms with Crippen LogP contribution >= 0.6 is 0 Å². The Labute approximate surface area is 148 Å². The highest BCUT2D eigenvalue weighted by atomic mass is 19.1. The number of halogens is 1. The van der Waals surface area contributed by atoms with E-state index in [4.69, 9.17) is 5.11 Å². The number of benzene rings is 2. The molecule has 2 heterocycles. The lowest BCUT2D eigenvalue weighted by Gasteiger charge is -2.07. The van der Waals surface area contributed by atoms with Crippen molar-refractivity contribution in [3.8, 4) is 22.3 Å². The third-order valence-electron chi connectivity index (χ3n) is 4.18. The van der Waals surface area contributed by atoms with Crippen LogP contribution in [0.15, 0.2) is 67.3 Å². The molecule has 0 fully saturated rings. The van der Waals surface area contributed by atoms with Gasteiger partial charge >= 0.3 is 5.97 Å². The minimum atomic E-state index is -0.935. The second-order valence-corrected chi connectivity index (χ2v) is 5.95. The molecule has 0 atom stereocenters. The molecule has 128 valence electrons. The van der Waals surface area contributed by atoms with Crippen LogP contribution in [0, 0.1) is 5.82 Å². The molecule has 26 heavy (non-hydrogen) atoms. The summed E-state index contributed by atoms with van der Waals surface area (Å²) < 4.78 is 14.8. The highest BCUT2D eigenvalue weighted by Gasteiger charge is 2.08. The van der Waals surface area contributed by atoms with Crippen molar-refractivity contribution in [2.45, 2.75) is 6.54 Å². The first-order valence-electron chi connectivity index (χ1n) is 7.98. The zero-order valence-corrected chi connectivity index (χ0v) is 13.6. The molecule has 4 rings (SSSR count). The van der Waals surface area contributed by atoms with Crippen molar-refractivity contribution < 1.29 is 14.3 Å². The van der Waals surface area contributed by atoms with Crippen LogP contribution in [0.3, 0.4) is 0 Å². The summed E-state index contributed by atoms with van der Waals surface area (Å²) in [5, 5.41) is 14.6. The molecule has 0 bridgehead atoms. The van der Waals surface area contributed by atoms with Gasteiger partial charge in [0.15, 0.2) is 0 Å². The molecule has 2 aromatic heterocycles. The van der Waals surface area contributed by atoms with Gasteiger partial charge in [-0.2, -0.15) is 5.10 Å². The summed E-state index contributed by atoms with van der Waals surface area (Å²) in [6, 6.07) is 12.5. The molecule has 0 unspecified atom stereocenters. The van der Waals surface area contributed by atoms with Crippen LogP contribution in [-0.4, -0.2) is 25.8 Å². The second kappa shape index (κ2) is 6.40. The lowest BCUT2D eigenvalue weighted by atomic mass is 9.99. The number of nitrogens with zero attached hydrogens (tertiary/aromatic N) is 3. The molecule has 5 nitrogen and oxygen atoms in total. The predicted molar refractivity (Wildman–Crippen MR) is 96.0 cm³/mol. The van der Waals surface area contributed by atoms with Crippen molar-refractivity contribution in [2.75, 3.05) is 0 Å². The van der Waals surface area contributed by atoms with Gasteiger partial charge < -0.3 is 5.11 Å². The Morgan fingerprint density at radius 2 is 1.77 bits per heavy atom. The smallest absolute Gasteiger partial charge is 0.325 e. The van der Waals surface area contributed by atoms with E-state index < -0.39 is 5.97 Å². The Hall–Kier alpha value is -3.54. The Bertz CT molecular complexity index is 1100. The summed E-state index contributed by atoms with van der Waals surface area (Å²) in [5.74, 6) is -1.22. The van der Waals surface area contributed by atoms with Crippen LogP contribution in [0.4, 0.5) is 4.39 Å². The van der Waals surface area contributed by atoms with Gasteiger partial charge in [-0.15, -0.1) is 0 Å². The van der Waals surface area contributed by atoms with Gasteiger partial charge in [0.25, 0.3) is 0 Å². The number of aromatic nitrogens is 3. The topological polar surface area (TPSA) is 68.0 Å². The van der Waals surface area contributed by atoms with Crippen LogP contribution in [0.25, 0.3) is 33.0 Å².